The minimum absolute atomic E-state index is 0.157. The molecule has 0 bridgehead atoms. The van der Waals surface area contributed by atoms with Gasteiger partial charge in [0.2, 0.25) is 0 Å². The number of halogens is 1. The predicted octanol–water partition coefficient (Wildman–Crippen LogP) is 3.93. The molecular weight excluding hydrogens is 265 g/mol. The van der Waals surface area contributed by atoms with E-state index in [4.69, 9.17) is 4.74 Å². The summed E-state index contributed by atoms with van der Waals surface area (Å²) in [4.78, 5) is 0. The molecule has 0 spiro atoms. The Kier molecular flexibility index (Phi) is 6.38. The summed E-state index contributed by atoms with van der Waals surface area (Å²) < 4.78 is 19.1. The molecule has 2 aromatic rings. The van der Waals surface area contributed by atoms with Crippen molar-refractivity contribution >= 4 is 0 Å². The van der Waals surface area contributed by atoms with Gasteiger partial charge >= 0.3 is 0 Å². The lowest BCUT2D eigenvalue weighted by molar-refractivity contribution is 0.0821. The zero-order valence-corrected chi connectivity index (χ0v) is 12.4. The van der Waals surface area contributed by atoms with Crippen LogP contribution >= 0.6 is 0 Å². The number of hydrogen-bond donors (Lipinski definition) is 1. The van der Waals surface area contributed by atoms with Crippen LogP contribution in [0.3, 0.4) is 0 Å². The fraction of sp³-hybridized carbons (Fsp3) is 0.333. The zero-order chi connectivity index (χ0) is 14.9. The lowest BCUT2D eigenvalue weighted by atomic mass is 10.0. The Morgan fingerprint density at radius 2 is 1.62 bits per heavy atom. The van der Waals surface area contributed by atoms with Gasteiger partial charge in [0.05, 0.1) is 6.61 Å². The topological polar surface area (TPSA) is 21.3 Å². The van der Waals surface area contributed by atoms with Crippen LogP contribution in [0.25, 0.3) is 0 Å². The summed E-state index contributed by atoms with van der Waals surface area (Å²) in [6.45, 7) is 4.57. The van der Waals surface area contributed by atoms with Gasteiger partial charge < -0.3 is 10.1 Å². The maximum atomic E-state index is 13.1. The first-order valence-corrected chi connectivity index (χ1v) is 7.44. The number of hydrogen-bond acceptors (Lipinski definition) is 2. The van der Waals surface area contributed by atoms with Gasteiger partial charge in [0.15, 0.2) is 0 Å². The van der Waals surface area contributed by atoms with E-state index in [1.54, 1.807) is 12.1 Å². The molecule has 2 aromatic carbocycles. The highest BCUT2D eigenvalue weighted by atomic mass is 19.1. The van der Waals surface area contributed by atoms with Crippen LogP contribution < -0.4 is 5.32 Å². The molecule has 2 nitrogen and oxygen atoms in total. The summed E-state index contributed by atoms with van der Waals surface area (Å²) in [5.74, 6) is -0.227. The van der Waals surface area contributed by atoms with Crippen LogP contribution in [0, 0.1) is 5.82 Å². The molecule has 3 heteroatoms. The number of rotatable bonds is 8. The molecule has 112 valence electrons. The molecule has 0 aliphatic carbocycles. The van der Waals surface area contributed by atoms with Gasteiger partial charge in [0.25, 0.3) is 0 Å². The van der Waals surface area contributed by atoms with E-state index in [1.807, 2.05) is 30.3 Å². The van der Waals surface area contributed by atoms with Gasteiger partial charge in [0, 0.05) is 6.54 Å². The summed E-state index contributed by atoms with van der Waals surface area (Å²) in [6.07, 6.45) is 0.954. The first-order chi connectivity index (χ1) is 10.3. The molecule has 1 atom stereocenters. The Hall–Kier alpha value is -1.71. The van der Waals surface area contributed by atoms with Gasteiger partial charge in [-0.25, -0.2) is 4.39 Å². The number of ether oxygens (including phenoxy) is 1. The number of nitrogens with one attached hydrogen (secondary N) is 1. The number of benzene rings is 2. The van der Waals surface area contributed by atoms with E-state index in [-0.39, 0.29) is 11.9 Å². The van der Waals surface area contributed by atoms with E-state index in [2.05, 4.69) is 12.2 Å². The van der Waals surface area contributed by atoms with Crippen molar-refractivity contribution in [3.05, 3.63) is 71.5 Å². The molecule has 0 aliphatic rings. The standard InChI is InChI=1S/C18H22FNO/c1-2-12-20-13-14-21-18(15-6-4-3-5-7-15)16-8-10-17(19)11-9-16/h3-11,18,20H,2,12-14H2,1H3. The quantitative estimate of drug-likeness (QED) is 0.743. The third-order valence-corrected chi connectivity index (χ3v) is 3.27. The molecule has 0 saturated carbocycles. The molecule has 0 aliphatic heterocycles. The fourth-order valence-electron chi connectivity index (χ4n) is 2.20. The maximum absolute atomic E-state index is 13.1. The molecule has 2 rings (SSSR count). The highest BCUT2D eigenvalue weighted by Crippen LogP contribution is 2.25. The van der Waals surface area contributed by atoms with E-state index in [1.165, 1.54) is 12.1 Å². The molecule has 0 radical (unpaired) electrons. The molecule has 0 heterocycles. The summed E-state index contributed by atoms with van der Waals surface area (Å²) in [6, 6.07) is 16.6. The van der Waals surface area contributed by atoms with Gasteiger partial charge in [-0.1, -0.05) is 49.4 Å². The van der Waals surface area contributed by atoms with Crippen molar-refractivity contribution in [1.29, 1.82) is 0 Å². The average Bonchev–Trinajstić information content (AvgIpc) is 2.53. The Bertz CT molecular complexity index is 513. The lowest BCUT2D eigenvalue weighted by Gasteiger charge is -2.19. The van der Waals surface area contributed by atoms with Crippen molar-refractivity contribution in [2.75, 3.05) is 19.7 Å². The van der Waals surface area contributed by atoms with E-state index in [9.17, 15) is 4.39 Å². The smallest absolute Gasteiger partial charge is 0.123 e. The third-order valence-electron chi connectivity index (χ3n) is 3.27. The summed E-state index contributed by atoms with van der Waals surface area (Å²) in [7, 11) is 0. The van der Waals surface area contributed by atoms with Crippen LogP contribution in [0.5, 0.6) is 0 Å². The van der Waals surface area contributed by atoms with Crippen LogP contribution in [0.2, 0.25) is 0 Å². The summed E-state index contributed by atoms with van der Waals surface area (Å²) in [5.41, 5.74) is 2.05. The van der Waals surface area contributed by atoms with E-state index in [0.717, 1.165) is 30.6 Å². The van der Waals surface area contributed by atoms with Crippen LogP contribution in [-0.2, 0) is 4.74 Å². The Morgan fingerprint density at radius 1 is 0.952 bits per heavy atom. The maximum Gasteiger partial charge on any atom is 0.123 e. The first kappa shape index (κ1) is 15.7. The van der Waals surface area contributed by atoms with Crippen LogP contribution in [-0.4, -0.2) is 19.7 Å². The van der Waals surface area contributed by atoms with Crippen molar-refractivity contribution in [2.45, 2.75) is 19.4 Å². The lowest BCUT2D eigenvalue weighted by Crippen LogP contribution is -2.21. The van der Waals surface area contributed by atoms with Crippen LogP contribution in [0.4, 0.5) is 4.39 Å². The van der Waals surface area contributed by atoms with Crippen LogP contribution in [0.15, 0.2) is 54.6 Å². The Balaban J connectivity index is 2.06. The van der Waals surface area contributed by atoms with Gasteiger partial charge in [-0.05, 0) is 36.2 Å². The normalized spacial score (nSPS) is 12.3. The Labute approximate surface area is 126 Å². The van der Waals surface area contributed by atoms with Crippen molar-refractivity contribution < 1.29 is 9.13 Å². The SMILES string of the molecule is CCCNCCOC(c1ccccc1)c1ccc(F)cc1. The molecule has 0 aromatic heterocycles. The second-order valence-corrected chi connectivity index (χ2v) is 4.96. The predicted molar refractivity (Wildman–Crippen MR) is 83.8 cm³/mol. The van der Waals surface area contributed by atoms with E-state index in [0.29, 0.717) is 6.61 Å². The van der Waals surface area contributed by atoms with Crippen molar-refractivity contribution in [3.8, 4) is 0 Å². The molecule has 1 unspecified atom stereocenters. The molecule has 0 amide bonds. The van der Waals surface area contributed by atoms with Gasteiger partial charge in [-0.2, -0.15) is 0 Å². The monoisotopic (exact) mass is 287 g/mol. The summed E-state index contributed by atoms with van der Waals surface area (Å²) >= 11 is 0. The van der Waals surface area contributed by atoms with E-state index < -0.39 is 0 Å². The second-order valence-electron chi connectivity index (χ2n) is 4.96. The molecular formula is C18H22FNO. The molecule has 0 saturated heterocycles. The third kappa shape index (κ3) is 4.96. The van der Waals surface area contributed by atoms with Gasteiger partial charge in [0.1, 0.15) is 11.9 Å². The van der Waals surface area contributed by atoms with Crippen LogP contribution in [0.1, 0.15) is 30.6 Å². The fourth-order valence-corrected chi connectivity index (χ4v) is 2.20. The van der Waals surface area contributed by atoms with Crippen molar-refractivity contribution in [3.63, 3.8) is 0 Å². The average molecular weight is 287 g/mol. The van der Waals surface area contributed by atoms with Crippen molar-refractivity contribution in [1.82, 2.24) is 5.32 Å². The highest BCUT2D eigenvalue weighted by Gasteiger charge is 2.14. The Morgan fingerprint density at radius 3 is 2.29 bits per heavy atom. The van der Waals surface area contributed by atoms with E-state index >= 15 is 0 Å². The van der Waals surface area contributed by atoms with Gasteiger partial charge in [-0.15, -0.1) is 0 Å². The second kappa shape index (κ2) is 8.55. The molecule has 21 heavy (non-hydrogen) atoms. The first-order valence-electron chi connectivity index (χ1n) is 7.44. The van der Waals surface area contributed by atoms with Crippen molar-refractivity contribution in [2.24, 2.45) is 0 Å². The minimum Gasteiger partial charge on any atom is -0.367 e. The minimum atomic E-state index is -0.227. The molecule has 0 fully saturated rings. The highest BCUT2D eigenvalue weighted by molar-refractivity contribution is 5.30. The van der Waals surface area contributed by atoms with Gasteiger partial charge in [-0.3, -0.25) is 0 Å². The zero-order valence-electron chi connectivity index (χ0n) is 12.4. The largest absolute Gasteiger partial charge is 0.367 e. The molecule has 1 N–H and O–H groups in total. The summed E-state index contributed by atoms with van der Waals surface area (Å²) in [5, 5.41) is 3.32.